The molecule has 0 fully saturated rings. The van der Waals surface area contributed by atoms with E-state index >= 15 is 0 Å². The molecule has 0 atom stereocenters. The fourth-order valence-electron chi connectivity index (χ4n) is 3.04. The number of hydrogen-bond acceptors (Lipinski definition) is 7. The van der Waals surface area contributed by atoms with Gasteiger partial charge >= 0.3 is 0 Å². The van der Waals surface area contributed by atoms with Gasteiger partial charge in [0.15, 0.2) is 5.13 Å². The van der Waals surface area contributed by atoms with Gasteiger partial charge in [-0.05, 0) is 42.5 Å². The molecule has 0 radical (unpaired) electrons. The van der Waals surface area contributed by atoms with Crippen LogP contribution >= 0.6 is 11.3 Å². The average Bonchev–Trinajstić information content (AvgIpc) is 3.49. The van der Waals surface area contributed by atoms with E-state index in [9.17, 15) is 18.0 Å². The van der Waals surface area contributed by atoms with Crippen LogP contribution in [0.1, 0.15) is 20.8 Å². The van der Waals surface area contributed by atoms with Crippen molar-refractivity contribution in [2.45, 2.75) is 4.90 Å². The van der Waals surface area contributed by atoms with Crippen molar-refractivity contribution in [1.82, 2.24) is 9.97 Å². The average molecular weight is 498 g/mol. The van der Waals surface area contributed by atoms with Crippen molar-refractivity contribution in [3.63, 3.8) is 0 Å². The maximum Gasteiger partial charge on any atom is 0.265 e. The van der Waals surface area contributed by atoms with Crippen molar-refractivity contribution < 1.29 is 22.7 Å². The van der Waals surface area contributed by atoms with Crippen molar-refractivity contribution >= 4 is 44.0 Å². The highest BCUT2D eigenvalue weighted by Gasteiger charge is 2.18. The second-order valence-electron chi connectivity index (χ2n) is 6.99. The minimum Gasteiger partial charge on any atom is -0.495 e. The molecule has 2 aromatic heterocycles. The summed E-state index contributed by atoms with van der Waals surface area (Å²) in [7, 11) is -2.44. The number of ether oxygens (including phenoxy) is 1. The van der Waals surface area contributed by atoms with E-state index in [0.29, 0.717) is 27.8 Å². The number of carbonyl (C=O) groups excluding carboxylic acids is 2. The number of anilines is 2. The van der Waals surface area contributed by atoms with E-state index in [4.69, 9.17) is 10.5 Å². The largest absolute Gasteiger partial charge is 0.495 e. The number of methoxy groups -OCH3 is 1. The molecule has 0 saturated heterocycles. The Kier molecular flexibility index (Phi) is 6.34. The fourth-order valence-corrected chi connectivity index (χ4v) is 4.82. The van der Waals surface area contributed by atoms with Gasteiger partial charge in [-0.1, -0.05) is 12.1 Å². The van der Waals surface area contributed by atoms with Crippen LogP contribution in [0.2, 0.25) is 0 Å². The molecule has 0 spiro atoms. The number of benzene rings is 2. The summed E-state index contributed by atoms with van der Waals surface area (Å²) in [5, 5.41) is 4.74. The Morgan fingerprint density at radius 3 is 2.53 bits per heavy atom. The first-order valence-corrected chi connectivity index (χ1v) is 12.1. The molecule has 0 aliphatic rings. The molecule has 0 bridgehead atoms. The Bertz CT molecular complexity index is 1460. The zero-order valence-corrected chi connectivity index (χ0v) is 19.4. The van der Waals surface area contributed by atoms with Crippen molar-refractivity contribution in [2.24, 2.45) is 5.73 Å². The molecule has 12 heteroatoms. The van der Waals surface area contributed by atoms with E-state index in [-0.39, 0.29) is 16.2 Å². The molecule has 0 saturated carbocycles. The normalized spacial score (nSPS) is 11.1. The van der Waals surface area contributed by atoms with Gasteiger partial charge in [-0.25, -0.2) is 13.4 Å². The van der Waals surface area contributed by atoms with E-state index in [1.165, 1.54) is 42.7 Å². The number of nitrogens with two attached hydrogens (primary N) is 1. The zero-order chi connectivity index (χ0) is 24.3. The van der Waals surface area contributed by atoms with Crippen molar-refractivity contribution in [3.05, 3.63) is 77.4 Å². The lowest BCUT2D eigenvalue weighted by molar-refractivity contribution is 0.0994. The quantitative estimate of drug-likeness (QED) is 0.293. The number of carbonyl (C=O) groups is 2. The van der Waals surface area contributed by atoms with E-state index < -0.39 is 21.8 Å². The predicted octanol–water partition coefficient (Wildman–Crippen LogP) is 3.30. The Labute approximate surface area is 198 Å². The smallest absolute Gasteiger partial charge is 0.265 e. The predicted molar refractivity (Wildman–Crippen MR) is 129 cm³/mol. The summed E-state index contributed by atoms with van der Waals surface area (Å²) in [6.07, 6.45) is 1.60. The van der Waals surface area contributed by atoms with Gasteiger partial charge in [0.2, 0.25) is 0 Å². The molecule has 5 N–H and O–H groups in total. The van der Waals surface area contributed by atoms with E-state index in [0.717, 1.165) is 0 Å². The lowest BCUT2D eigenvalue weighted by Crippen LogP contribution is -2.15. The molecule has 2 aromatic carbocycles. The van der Waals surface area contributed by atoms with Gasteiger partial charge in [-0.15, -0.1) is 11.3 Å². The topological polar surface area (TPSA) is 156 Å². The third-order valence-electron chi connectivity index (χ3n) is 4.75. The lowest BCUT2D eigenvalue weighted by Gasteiger charge is -2.12. The van der Waals surface area contributed by atoms with Crippen LogP contribution in [0.25, 0.3) is 11.3 Å². The van der Waals surface area contributed by atoms with Crippen molar-refractivity contribution in [3.8, 4) is 17.0 Å². The van der Waals surface area contributed by atoms with Crippen LogP contribution in [0.4, 0.5) is 10.8 Å². The van der Waals surface area contributed by atoms with Crippen LogP contribution < -0.4 is 20.5 Å². The maximum atomic E-state index is 12.7. The van der Waals surface area contributed by atoms with Gasteiger partial charge in [0.05, 0.1) is 23.4 Å². The number of thiazole rings is 1. The number of aromatic nitrogens is 2. The van der Waals surface area contributed by atoms with Crippen LogP contribution in [-0.4, -0.2) is 37.3 Å². The minimum absolute atomic E-state index is 0.01000. The number of hydrogen-bond donors (Lipinski definition) is 4. The number of rotatable bonds is 8. The summed E-state index contributed by atoms with van der Waals surface area (Å²) < 4.78 is 33.1. The number of aromatic amines is 1. The molecule has 0 aliphatic carbocycles. The van der Waals surface area contributed by atoms with Crippen LogP contribution in [0, 0.1) is 0 Å². The summed E-state index contributed by atoms with van der Waals surface area (Å²) in [4.78, 5) is 30.9. The molecule has 0 aliphatic heterocycles. The second kappa shape index (κ2) is 9.37. The van der Waals surface area contributed by atoms with Crippen LogP contribution in [0.5, 0.6) is 5.75 Å². The third kappa shape index (κ3) is 4.92. The summed E-state index contributed by atoms with van der Waals surface area (Å²) in [6.45, 7) is 0. The molecule has 2 heterocycles. The Morgan fingerprint density at radius 1 is 1.12 bits per heavy atom. The molecule has 2 amide bonds. The molecule has 4 rings (SSSR count). The molecule has 10 nitrogen and oxygen atoms in total. The number of H-pyrrole nitrogens is 1. The molecule has 174 valence electrons. The number of amides is 2. The number of para-hydroxylation sites is 2. The van der Waals surface area contributed by atoms with Gasteiger partial charge in [0.1, 0.15) is 11.4 Å². The molecule has 0 unspecified atom stereocenters. The first-order valence-electron chi connectivity index (χ1n) is 9.78. The van der Waals surface area contributed by atoms with E-state index in [2.05, 4.69) is 20.0 Å². The van der Waals surface area contributed by atoms with Crippen molar-refractivity contribution in [1.29, 1.82) is 0 Å². The third-order valence-corrected chi connectivity index (χ3v) is 6.89. The maximum absolute atomic E-state index is 12.7. The van der Waals surface area contributed by atoms with E-state index in [1.54, 1.807) is 41.9 Å². The summed E-state index contributed by atoms with van der Waals surface area (Å²) in [6, 6.07) is 13.7. The highest BCUT2D eigenvalue weighted by molar-refractivity contribution is 7.92. The Morgan fingerprint density at radius 2 is 1.85 bits per heavy atom. The van der Waals surface area contributed by atoms with Crippen LogP contribution in [0.15, 0.2) is 71.1 Å². The number of nitrogens with one attached hydrogen (secondary N) is 3. The summed E-state index contributed by atoms with van der Waals surface area (Å²) in [5.41, 5.74) is 7.27. The Balaban J connectivity index is 1.45. The fraction of sp³-hybridized carbons (Fsp3) is 0.0455. The highest BCUT2D eigenvalue weighted by atomic mass is 32.2. The first kappa shape index (κ1) is 23.0. The molecule has 4 aromatic rings. The monoisotopic (exact) mass is 497 g/mol. The van der Waals surface area contributed by atoms with Crippen LogP contribution in [-0.2, 0) is 10.0 Å². The first-order chi connectivity index (χ1) is 16.3. The zero-order valence-electron chi connectivity index (χ0n) is 17.7. The minimum atomic E-state index is -3.89. The van der Waals surface area contributed by atoms with Gasteiger partial charge < -0.3 is 15.5 Å². The SMILES string of the molecule is COc1ccccc1NS(=O)(=O)c1ccc(C(=O)Nc2nc(-c3c[nH]c(C(N)=O)c3)cs2)cc1. The van der Waals surface area contributed by atoms with Crippen LogP contribution in [0.3, 0.4) is 0 Å². The van der Waals surface area contributed by atoms with Gasteiger partial charge in [0.25, 0.3) is 21.8 Å². The Hall–Kier alpha value is -4.16. The lowest BCUT2D eigenvalue weighted by atomic mass is 10.2. The second-order valence-corrected chi connectivity index (χ2v) is 9.53. The van der Waals surface area contributed by atoms with Gasteiger partial charge in [-0.2, -0.15) is 0 Å². The van der Waals surface area contributed by atoms with Gasteiger partial charge in [-0.3, -0.25) is 19.6 Å². The molecular weight excluding hydrogens is 478 g/mol. The summed E-state index contributed by atoms with van der Waals surface area (Å²) >= 11 is 1.21. The number of primary amides is 1. The summed E-state index contributed by atoms with van der Waals surface area (Å²) in [5.74, 6) is -0.650. The van der Waals surface area contributed by atoms with Gasteiger partial charge in [0, 0.05) is 22.7 Å². The highest BCUT2D eigenvalue weighted by Crippen LogP contribution is 2.27. The number of nitrogens with zero attached hydrogens (tertiary/aromatic N) is 1. The number of sulfonamides is 1. The molecule has 34 heavy (non-hydrogen) atoms. The van der Waals surface area contributed by atoms with Crippen molar-refractivity contribution in [2.75, 3.05) is 17.1 Å². The van der Waals surface area contributed by atoms with E-state index in [1.807, 2.05) is 0 Å². The molecular formula is C22H19N5O5S2. The standard InChI is InChI=1S/C22H19N5O5S2/c1-32-19-5-3-2-4-16(19)27-34(30,31)15-8-6-13(7-9-15)21(29)26-22-25-18(12-33-22)14-10-17(20(23)28)24-11-14/h2-12,24,27H,1H3,(H2,23,28)(H,25,26,29).